The second-order valence-electron chi connectivity index (χ2n) is 11.6. The molecule has 2 heterocycles. The molecular weight excluding hydrogens is 500 g/mol. The zero-order chi connectivity index (χ0) is 28.7. The minimum Gasteiger partial charge on any atom is -0.469 e. The molecule has 1 unspecified atom stereocenters. The van der Waals surface area contributed by atoms with Crippen molar-refractivity contribution in [3.63, 3.8) is 0 Å². The molecule has 2 atom stereocenters. The summed E-state index contributed by atoms with van der Waals surface area (Å²) in [5.74, 6) is -0.682. The smallest absolute Gasteiger partial charge is 0.410 e. The third kappa shape index (κ3) is 7.94. The summed E-state index contributed by atoms with van der Waals surface area (Å²) in [5.41, 5.74) is 0.962. The van der Waals surface area contributed by atoms with E-state index < -0.39 is 29.6 Å². The number of fused-ring (bicyclic) bond motifs is 1. The van der Waals surface area contributed by atoms with E-state index in [-0.39, 0.29) is 24.9 Å². The molecule has 0 N–H and O–H groups in total. The van der Waals surface area contributed by atoms with E-state index in [2.05, 4.69) is 0 Å². The van der Waals surface area contributed by atoms with Gasteiger partial charge in [-0.2, -0.15) is 0 Å². The number of rotatable bonds is 10. The van der Waals surface area contributed by atoms with Gasteiger partial charge in [0, 0.05) is 39.9 Å². The molecule has 0 aliphatic carbocycles. The maximum atomic E-state index is 14.3. The maximum Gasteiger partial charge on any atom is 0.410 e. The van der Waals surface area contributed by atoms with Crippen LogP contribution in [0.1, 0.15) is 64.5 Å². The number of nitrogens with zero attached hydrogens (tertiary/aromatic N) is 4. The Morgan fingerprint density at radius 2 is 1.82 bits per heavy atom. The Morgan fingerprint density at radius 1 is 1.10 bits per heavy atom. The predicted octanol–water partition coefficient (Wildman–Crippen LogP) is 4.36. The van der Waals surface area contributed by atoms with Crippen LogP contribution < -0.4 is 0 Å². The van der Waals surface area contributed by atoms with Crippen molar-refractivity contribution in [1.82, 2.24) is 19.4 Å². The minimum atomic E-state index is -0.689. The van der Waals surface area contributed by atoms with Crippen LogP contribution in [0.3, 0.4) is 0 Å². The Morgan fingerprint density at radius 3 is 2.46 bits per heavy atom. The third-order valence-corrected chi connectivity index (χ3v) is 6.70. The Hall–Kier alpha value is -3.14. The van der Waals surface area contributed by atoms with E-state index in [1.54, 1.807) is 32.8 Å². The van der Waals surface area contributed by atoms with E-state index in [0.717, 1.165) is 23.9 Å². The van der Waals surface area contributed by atoms with Crippen molar-refractivity contribution in [2.75, 3.05) is 40.5 Å². The fraction of sp³-hybridized carbons (Fsp3) is 0.655. The van der Waals surface area contributed by atoms with E-state index >= 15 is 0 Å². The van der Waals surface area contributed by atoms with E-state index in [0.29, 0.717) is 31.9 Å². The fourth-order valence-corrected chi connectivity index (χ4v) is 5.01. The molecule has 10 heteroatoms. The first-order valence-electron chi connectivity index (χ1n) is 13.8. The molecule has 10 nitrogen and oxygen atoms in total. The monoisotopic (exact) mass is 544 g/mol. The van der Waals surface area contributed by atoms with Crippen LogP contribution in [0, 0.1) is 11.8 Å². The molecule has 1 aliphatic heterocycles. The highest BCUT2D eigenvalue weighted by Crippen LogP contribution is 2.27. The Labute approximate surface area is 231 Å². The van der Waals surface area contributed by atoms with E-state index in [4.69, 9.17) is 19.2 Å². The van der Waals surface area contributed by atoms with Crippen LogP contribution >= 0.6 is 0 Å². The molecule has 1 aromatic carbocycles. The molecule has 0 spiro atoms. The first-order valence-corrected chi connectivity index (χ1v) is 13.8. The number of carbonyl (C=O) groups excluding carboxylic acids is 3. The van der Waals surface area contributed by atoms with Gasteiger partial charge in [-0.15, -0.1) is 0 Å². The summed E-state index contributed by atoms with van der Waals surface area (Å²) in [7, 11) is 3.02. The van der Waals surface area contributed by atoms with Gasteiger partial charge in [-0.05, 0) is 58.1 Å². The van der Waals surface area contributed by atoms with Gasteiger partial charge >= 0.3 is 12.1 Å². The summed E-state index contributed by atoms with van der Waals surface area (Å²) in [6, 6.07) is 7.32. The summed E-state index contributed by atoms with van der Waals surface area (Å²) in [4.78, 5) is 48.1. The average molecular weight is 545 g/mol. The lowest BCUT2D eigenvalue weighted by Gasteiger charge is -2.42. The number of ether oxygens (including phenoxy) is 3. The van der Waals surface area contributed by atoms with Crippen molar-refractivity contribution in [2.45, 2.75) is 72.1 Å². The van der Waals surface area contributed by atoms with Crippen molar-refractivity contribution in [3.05, 3.63) is 30.1 Å². The summed E-state index contributed by atoms with van der Waals surface area (Å²) in [5, 5.41) is 0. The van der Waals surface area contributed by atoms with Crippen molar-refractivity contribution in [2.24, 2.45) is 11.8 Å². The summed E-state index contributed by atoms with van der Waals surface area (Å²) < 4.78 is 17.9. The lowest BCUT2D eigenvalue weighted by molar-refractivity contribution is -0.148. The van der Waals surface area contributed by atoms with Gasteiger partial charge in [0.1, 0.15) is 5.60 Å². The van der Waals surface area contributed by atoms with Crippen LogP contribution in [-0.4, -0.2) is 89.4 Å². The van der Waals surface area contributed by atoms with Gasteiger partial charge in [0.15, 0.2) is 5.82 Å². The van der Waals surface area contributed by atoms with Gasteiger partial charge in [0.2, 0.25) is 0 Å². The number of aryl methyl sites for hydroxylation is 1. The minimum absolute atomic E-state index is 0.155. The molecule has 0 radical (unpaired) electrons. The van der Waals surface area contributed by atoms with Crippen LogP contribution in [0.2, 0.25) is 0 Å². The van der Waals surface area contributed by atoms with Gasteiger partial charge < -0.3 is 28.6 Å². The number of unbranched alkanes of at least 4 members (excludes halogenated alkanes) is 1. The number of aromatic nitrogens is 2. The molecule has 1 fully saturated rings. The second kappa shape index (κ2) is 13.3. The third-order valence-electron chi connectivity index (χ3n) is 6.70. The lowest BCUT2D eigenvalue weighted by atomic mass is 9.92. The number of amides is 2. The van der Waals surface area contributed by atoms with Gasteiger partial charge in [0.05, 0.1) is 30.1 Å². The molecule has 1 aromatic heterocycles. The second-order valence-corrected chi connectivity index (χ2v) is 11.6. The number of esters is 1. The summed E-state index contributed by atoms with van der Waals surface area (Å²) in [6.45, 7) is 11.6. The number of likely N-dealkylation sites (tertiary alicyclic amines) is 1. The Balaban J connectivity index is 1.98. The Bertz CT molecular complexity index is 1140. The number of imidazole rings is 1. The molecule has 39 heavy (non-hydrogen) atoms. The number of hydrogen-bond donors (Lipinski definition) is 0. The number of para-hydroxylation sites is 2. The summed E-state index contributed by atoms with van der Waals surface area (Å²) in [6.07, 6.45) is 1.57. The lowest BCUT2D eigenvalue weighted by Crippen LogP contribution is -2.57. The van der Waals surface area contributed by atoms with Crippen molar-refractivity contribution < 1.29 is 28.6 Å². The first kappa shape index (κ1) is 30.4. The SMILES string of the molecule is COCCCCn1c(C(=O)N(CC(C)C)[C@H]2CC(C(=O)OC)CN(C(=O)OC(C)(C)C)C2)nc2ccccc21. The highest BCUT2D eigenvalue weighted by molar-refractivity contribution is 5.95. The number of piperidine rings is 1. The van der Waals surface area contributed by atoms with E-state index in [1.165, 1.54) is 12.0 Å². The van der Waals surface area contributed by atoms with Gasteiger partial charge in [-0.1, -0.05) is 26.0 Å². The van der Waals surface area contributed by atoms with Gasteiger partial charge in [0.25, 0.3) is 5.91 Å². The number of methoxy groups -OCH3 is 2. The molecule has 1 aliphatic rings. The maximum absolute atomic E-state index is 14.3. The predicted molar refractivity (Wildman–Crippen MR) is 148 cm³/mol. The average Bonchev–Trinajstić information content (AvgIpc) is 3.26. The molecule has 2 aromatic rings. The van der Waals surface area contributed by atoms with Gasteiger partial charge in [-0.3, -0.25) is 9.59 Å². The van der Waals surface area contributed by atoms with Gasteiger partial charge in [-0.25, -0.2) is 9.78 Å². The van der Waals surface area contributed by atoms with Crippen molar-refractivity contribution in [3.8, 4) is 0 Å². The molecule has 0 saturated carbocycles. The Kier molecular flexibility index (Phi) is 10.4. The van der Waals surface area contributed by atoms with Crippen molar-refractivity contribution >= 4 is 29.0 Å². The normalized spacial score (nSPS) is 17.9. The molecule has 216 valence electrons. The highest BCUT2D eigenvalue weighted by atomic mass is 16.6. The fourth-order valence-electron chi connectivity index (χ4n) is 5.01. The molecule has 3 rings (SSSR count). The molecule has 2 amide bonds. The topological polar surface area (TPSA) is 103 Å². The number of hydrogen-bond acceptors (Lipinski definition) is 7. The molecule has 0 bridgehead atoms. The van der Waals surface area contributed by atoms with Crippen LogP contribution in [0.5, 0.6) is 0 Å². The zero-order valence-electron chi connectivity index (χ0n) is 24.4. The summed E-state index contributed by atoms with van der Waals surface area (Å²) >= 11 is 0. The molecular formula is C29H44N4O6. The highest BCUT2D eigenvalue weighted by Gasteiger charge is 2.41. The standard InChI is InChI=1S/C29H44N4O6/c1-20(2)17-33(22-16-21(27(35)38-7)18-31(19-22)28(36)39-29(3,4)5)26(34)25-30-23-12-8-9-13-24(23)32(25)14-10-11-15-37-6/h8-9,12-13,20-22H,10-11,14-19H2,1-7H3/t21?,22-/m0/s1. The van der Waals surface area contributed by atoms with Crippen LogP contribution in [0.25, 0.3) is 11.0 Å². The number of carbonyl (C=O) groups is 3. The largest absolute Gasteiger partial charge is 0.469 e. The van der Waals surface area contributed by atoms with Crippen LogP contribution in [0.4, 0.5) is 4.79 Å². The zero-order valence-corrected chi connectivity index (χ0v) is 24.4. The first-order chi connectivity index (χ1) is 18.4. The van der Waals surface area contributed by atoms with E-state index in [9.17, 15) is 14.4 Å². The van der Waals surface area contributed by atoms with Crippen LogP contribution in [0.15, 0.2) is 24.3 Å². The van der Waals surface area contributed by atoms with E-state index in [1.807, 2.05) is 42.7 Å². The van der Waals surface area contributed by atoms with Crippen LogP contribution in [-0.2, 0) is 25.5 Å². The van der Waals surface area contributed by atoms with Crippen molar-refractivity contribution in [1.29, 1.82) is 0 Å². The molecule has 1 saturated heterocycles. The quantitative estimate of drug-likeness (QED) is 0.323. The number of benzene rings is 1.